The summed E-state index contributed by atoms with van der Waals surface area (Å²) in [5.74, 6) is 1.82. The topological polar surface area (TPSA) is 43.4 Å². The molecule has 3 aromatic rings. The number of hydrogen-bond donors (Lipinski definition) is 1. The molecule has 0 fully saturated rings. The minimum absolute atomic E-state index is 0.718. The van der Waals surface area contributed by atoms with Crippen LogP contribution in [0.4, 0.5) is 5.69 Å². The number of pyridine rings is 1. The van der Waals surface area contributed by atoms with Gasteiger partial charge in [0.15, 0.2) is 0 Å². The standard InChI is InChI=1S/C25H32N2O2/c1-2-3-4-8-19-28-21-12-14-22(15-13-21)29-20-9-7-17-26-25-16-18-27-24-11-6-5-10-23(24)25/h5-6,10-16,18H,2-4,7-9,17,19-20H2,1H3,(H,26,27). The average molecular weight is 393 g/mol. The van der Waals surface area contributed by atoms with Crippen LogP contribution >= 0.6 is 0 Å². The van der Waals surface area contributed by atoms with Crippen molar-refractivity contribution in [1.29, 1.82) is 0 Å². The Hall–Kier alpha value is -2.75. The van der Waals surface area contributed by atoms with Gasteiger partial charge in [-0.1, -0.05) is 44.4 Å². The van der Waals surface area contributed by atoms with Crippen molar-refractivity contribution in [2.75, 3.05) is 25.1 Å². The van der Waals surface area contributed by atoms with E-state index in [0.717, 1.165) is 61.7 Å². The highest BCUT2D eigenvalue weighted by Crippen LogP contribution is 2.21. The molecule has 0 aliphatic heterocycles. The highest BCUT2D eigenvalue weighted by molar-refractivity contribution is 5.90. The molecule has 0 radical (unpaired) electrons. The van der Waals surface area contributed by atoms with Crippen molar-refractivity contribution in [2.24, 2.45) is 0 Å². The molecule has 3 rings (SSSR count). The summed E-state index contributed by atoms with van der Waals surface area (Å²) in [6, 6.07) is 18.2. The first-order valence-corrected chi connectivity index (χ1v) is 10.8. The summed E-state index contributed by atoms with van der Waals surface area (Å²) in [6.07, 6.45) is 8.81. The van der Waals surface area contributed by atoms with Gasteiger partial charge in [0.05, 0.1) is 18.7 Å². The Morgan fingerprint density at radius 1 is 0.759 bits per heavy atom. The van der Waals surface area contributed by atoms with E-state index >= 15 is 0 Å². The van der Waals surface area contributed by atoms with Crippen LogP contribution in [0.5, 0.6) is 11.5 Å². The molecule has 1 N–H and O–H groups in total. The lowest BCUT2D eigenvalue weighted by atomic mass is 10.2. The molecule has 0 atom stereocenters. The first-order chi connectivity index (χ1) is 14.4. The van der Waals surface area contributed by atoms with Gasteiger partial charge in [-0.3, -0.25) is 4.98 Å². The number of hydrogen-bond acceptors (Lipinski definition) is 4. The number of anilines is 1. The van der Waals surface area contributed by atoms with Crippen molar-refractivity contribution in [2.45, 2.75) is 45.4 Å². The van der Waals surface area contributed by atoms with Gasteiger partial charge in [-0.15, -0.1) is 0 Å². The Morgan fingerprint density at radius 3 is 2.17 bits per heavy atom. The fraction of sp³-hybridized carbons (Fsp3) is 0.400. The van der Waals surface area contributed by atoms with Crippen LogP contribution in [0.15, 0.2) is 60.8 Å². The molecule has 4 heteroatoms. The van der Waals surface area contributed by atoms with E-state index in [4.69, 9.17) is 9.47 Å². The zero-order valence-electron chi connectivity index (χ0n) is 17.4. The molecule has 0 saturated heterocycles. The van der Waals surface area contributed by atoms with Gasteiger partial charge in [-0.05, 0) is 55.7 Å². The number of fused-ring (bicyclic) bond motifs is 1. The van der Waals surface area contributed by atoms with Gasteiger partial charge in [0.25, 0.3) is 0 Å². The lowest BCUT2D eigenvalue weighted by Crippen LogP contribution is -2.05. The van der Waals surface area contributed by atoms with Crippen LogP contribution in [0, 0.1) is 0 Å². The van der Waals surface area contributed by atoms with Crippen LogP contribution in [0.25, 0.3) is 10.9 Å². The second kappa shape index (κ2) is 11.9. The lowest BCUT2D eigenvalue weighted by Gasteiger charge is -2.10. The summed E-state index contributed by atoms with van der Waals surface area (Å²) in [5.41, 5.74) is 2.16. The fourth-order valence-corrected chi connectivity index (χ4v) is 3.24. The first-order valence-electron chi connectivity index (χ1n) is 10.8. The third-order valence-corrected chi connectivity index (χ3v) is 4.89. The second-order valence-electron chi connectivity index (χ2n) is 7.24. The van der Waals surface area contributed by atoms with Crippen LogP contribution in [0.1, 0.15) is 45.4 Å². The van der Waals surface area contributed by atoms with Gasteiger partial charge in [0.2, 0.25) is 0 Å². The molecule has 0 saturated carbocycles. The van der Waals surface area contributed by atoms with Crippen LogP contribution in [0.2, 0.25) is 0 Å². The maximum absolute atomic E-state index is 5.85. The van der Waals surface area contributed by atoms with Gasteiger partial charge in [0, 0.05) is 23.8 Å². The average Bonchev–Trinajstić information content (AvgIpc) is 2.77. The molecular weight excluding hydrogens is 360 g/mol. The molecule has 29 heavy (non-hydrogen) atoms. The highest BCUT2D eigenvalue weighted by atomic mass is 16.5. The third-order valence-electron chi connectivity index (χ3n) is 4.89. The van der Waals surface area contributed by atoms with E-state index in [-0.39, 0.29) is 0 Å². The van der Waals surface area contributed by atoms with Crippen LogP contribution in [-0.4, -0.2) is 24.7 Å². The van der Waals surface area contributed by atoms with E-state index in [1.54, 1.807) is 0 Å². The summed E-state index contributed by atoms with van der Waals surface area (Å²) in [6.45, 7) is 4.65. The molecule has 0 spiro atoms. The number of benzene rings is 2. The van der Waals surface area contributed by atoms with Crippen molar-refractivity contribution < 1.29 is 9.47 Å². The Morgan fingerprint density at radius 2 is 1.45 bits per heavy atom. The van der Waals surface area contributed by atoms with Gasteiger partial charge >= 0.3 is 0 Å². The van der Waals surface area contributed by atoms with Crippen LogP contribution in [0.3, 0.4) is 0 Å². The predicted molar refractivity (Wildman–Crippen MR) is 121 cm³/mol. The largest absolute Gasteiger partial charge is 0.494 e. The quantitative estimate of drug-likeness (QED) is 0.339. The molecule has 0 bridgehead atoms. The number of nitrogens with zero attached hydrogens (tertiary/aromatic N) is 1. The molecule has 2 aromatic carbocycles. The van der Waals surface area contributed by atoms with E-state index in [9.17, 15) is 0 Å². The normalized spacial score (nSPS) is 10.8. The summed E-state index contributed by atoms with van der Waals surface area (Å²) in [7, 11) is 0. The zero-order valence-corrected chi connectivity index (χ0v) is 17.4. The summed E-state index contributed by atoms with van der Waals surface area (Å²) < 4.78 is 11.6. The van der Waals surface area contributed by atoms with E-state index < -0.39 is 0 Å². The molecule has 0 aliphatic carbocycles. The van der Waals surface area contributed by atoms with Crippen molar-refractivity contribution in [1.82, 2.24) is 4.98 Å². The molecule has 4 nitrogen and oxygen atoms in total. The van der Waals surface area contributed by atoms with Crippen molar-refractivity contribution in [3.8, 4) is 11.5 Å². The van der Waals surface area contributed by atoms with E-state index in [1.165, 1.54) is 24.6 Å². The van der Waals surface area contributed by atoms with Gasteiger partial charge < -0.3 is 14.8 Å². The van der Waals surface area contributed by atoms with E-state index in [2.05, 4.69) is 23.3 Å². The summed E-state index contributed by atoms with van der Waals surface area (Å²) in [4.78, 5) is 4.40. The number of unbranched alkanes of at least 4 members (excludes halogenated alkanes) is 4. The predicted octanol–water partition coefficient (Wildman–Crippen LogP) is 6.47. The molecular formula is C25H32N2O2. The minimum Gasteiger partial charge on any atom is -0.494 e. The Labute approximate surface area is 174 Å². The molecule has 154 valence electrons. The number of aromatic nitrogens is 1. The first kappa shape index (κ1) is 21.0. The number of nitrogens with one attached hydrogen (secondary N) is 1. The van der Waals surface area contributed by atoms with Crippen molar-refractivity contribution >= 4 is 16.6 Å². The Bertz CT molecular complexity index is 844. The van der Waals surface area contributed by atoms with Crippen LogP contribution < -0.4 is 14.8 Å². The SMILES string of the molecule is CCCCCCOc1ccc(OCCCCNc2ccnc3ccccc23)cc1. The molecule has 0 unspecified atom stereocenters. The Kier molecular flexibility index (Phi) is 8.64. The number of para-hydroxylation sites is 1. The van der Waals surface area contributed by atoms with E-state index in [0.29, 0.717) is 0 Å². The third kappa shape index (κ3) is 6.97. The van der Waals surface area contributed by atoms with Gasteiger partial charge in [-0.2, -0.15) is 0 Å². The second-order valence-corrected chi connectivity index (χ2v) is 7.24. The smallest absolute Gasteiger partial charge is 0.119 e. The fourth-order valence-electron chi connectivity index (χ4n) is 3.24. The van der Waals surface area contributed by atoms with Crippen LogP contribution in [-0.2, 0) is 0 Å². The van der Waals surface area contributed by atoms with E-state index in [1.807, 2.05) is 54.7 Å². The lowest BCUT2D eigenvalue weighted by molar-refractivity contribution is 0.298. The summed E-state index contributed by atoms with van der Waals surface area (Å²) >= 11 is 0. The highest BCUT2D eigenvalue weighted by Gasteiger charge is 2.01. The maximum atomic E-state index is 5.85. The van der Waals surface area contributed by atoms with Gasteiger partial charge in [-0.25, -0.2) is 0 Å². The Balaban J connectivity index is 1.30. The molecule has 1 aromatic heterocycles. The monoisotopic (exact) mass is 392 g/mol. The van der Waals surface area contributed by atoms with Crippen molar-refractivity contribution in [3.05, 3.63) is 60.8 Å². The zero-order chi connectivity index (χ0) is 20.2. The number of rotatable bonds is 13. The van der Waals surface area contributed by atoms with Gasteiger partial charge in [0.1, 0.15) is 11.5 Å². The summed E-state index contributed by atoms with van der Waals surface area (Å²) in [5, 5.41) is 4.68. The maximum Gasteiger partial charge on any atom is 0.119 e. The molecule has 0 amide bonds. The minimum atomic E-state index is 0.718. The molecule has 0 aliphatic rings. The molecule has 1 heterocycles. The van der Waals surface area contributed by atoms with Crippen molar-refractivity contribution in [3.63, 3.8) is 0 Å². The number of ether oxygens (including phenoxy) is 2.